The summed E-state index contributed by atoms with van der Waals surface area (Å²) in [6.07, 6.45) is 9.66. The molecule has 0 aromatic heterocycles. The lowest BCUT2D eigenvalue weighted by Crippen LogP contribution is -2.28. The maximum atomic E-state index is 10.8. The van der Waals surface area contributed by atoms with Crippen molar-refractivity contribution in [2.75, 3.05) is 57.4 Å². The zero-order valence-corrected chi connectivity index (χ0v) is 51.3. The van der Waals surface area contributed by atoms with Crippen LogP contribution in [-0.2, 0) is 14.9 Å². The summed E-state index contributed by atoms with van der Waals surface area (Å²) in [5, 5.41) is 21.6. The Bertz CT molecular complexity index is 4520. The second-order valence-electron chi connectivity index (χ2n) is 22.7. The van der Waals surface area contributed by atoms with Gasteiger partial charge in [0.25, 0.3) is 0 Å². The molecule has 91 heavy (non-hydrogen) atoms. The molecule has 4 aliphatic carbocycles. The number of allylic oxidation sites excluding steroid dienone is 6. The molecule has 2 atom stereocenters. The van der Waals surface area contributed by atoms with E-state index in [1.165, 1.54) is 0 Å². The first-order valence-electron chi connectivity index (χ1n) is 30.2. The monoisotopic (exact) mass is 1200 g/mol. The second kappa shape index (κ2) is 23.9. The largest absolute Gasteiger partial charge is 0.508 e. The van der Waals surface area contributed by atoms with Crippen LogP contribution in [0.3, 0.4) is 0 Å². The van der Waals surface area contributed by atoms with E-state index in [4.69, 9.17) is 28.4 Å². The molecule has 0 amide bonds. The molecule has 10 aromatic rings. The Hall–Kier alpha value is -11.5. The lowest BCUT2D eigenvalue weighted by atomic mass is 9.69. The Labute approximate surface area is 530 Å². The fraction of sp³-hybridized carbons (Fsp3) is 0.125. The number of aromatic hydroxyl groups is 2. The van der Waals surface area contributed by atoms with Gasteiger partial charge in [0.1, 0.15) is 34.5 Å². The van der Waals surface area contributed by atoms with Gasteiger partial charge in [-0.05, 0) is 261 Å². The van der Waals surface area contributed by atoms with Crippen LogP contribution in [0.1, 0.15) is 57.7 Å². The number of benzene rings is 10. The average molecular weight is 1200 g/mol. The summed E-state index contributed by atoms with van der Waals surface area (Å²) in [6, 6.07) is 75.4. The minimum atomic E-state index is -1.02. The van der Waals surface area contributed by atoms with E-state index in [1.54, 1.807) is 66.9 Å². The summed E-state index contributed by atoms with van der Waals surface area (Å²) >= 11 is 0. The number of fused-ring (bicyclic) bond motifs is 10. The molecule has 14 rings (SSSR count). The molecule has 11 nitrogen and oxygen atoms in total. The van der Waals surface area contributed by atoms with Crippen LogP contribution in [-0.4, -0.2) is 52.9 Å². The number of nitrogens with zero attached hydrogens (tertiary/aromatic N) is 3. The maximum Gasteiger partial charge on any atom is 0.170 e. The van der Waals surface area contributed by atoms with Gasteiger partial charge in [0.15, 0.2) is 5.76 Å². The Balaban J connectivity index is 1.10. The molecule has 2 unspecified atom stereocenters. The summed E-state index contributed by atoms with van der Waals surface area (Å²) in [4.78, 5) is 6.82. The number of ether oxygens (including phenoxy) is 6. The zero-order valence-electron chi connectivity index (χ0n) is 51.3. The Kier molecular flexibility index (Phi) is 15.0. The van der Waals surface area contributed by atoms with Crippen LogP contribution in [0, 0.1) is 0 Å². The van der Waals surface area contributed by atoms with E-state index in [0.29, 0.717) is 5.76 Å². The van der Waals surface area contributed by atoms with Crippen LogP contribution in [0.15, 0.2) is 277 Å². The standard InChI is InChI=1S/C80H65N3O8/c1-86-65-31-9-52(10-32-65)79(51-7-27-63(84)28-8-51)53-11-43-71-72-44-24-61(82(56-16-35-67(88-3)36-17-56)57-18-37-68(89-4)38-19-57)49-76(72)80(75(71)47-53)77-48-60(81(54-12-29-64(85)30-13-54)55-14-33-66(87-2)34-15-55)25-45-73(77)74-46-26-62(50-78(74)80)83(58-20-39-69(90-5)40-21-58)59-22-41-70(91-6)42-23-59/h7-18,20-22,24-37,39-41,43-50,79,84-85H,23,42H2,1-6H3. The summed E-state index contributed by atoms with van der Waals surface area (Å²) < 4.78 is 34.4. The van der Waals surface area contributed by atoms with Crippen LogP contribution >= 0.6 is 0 Å². The quantitative estimate of drug-likeness (QED) is 0.0634. The number of phenols is 2. The first-order valence-corrected chi connectivity index (χ1v) is 30.2. The van der Waals surface area contributed by atoms with Gasteiger partial charge >= 0.3 is 0 Å². The molecular formula is C80H65N3O8. The van der Waals surface area contributed by atoms with Gasteiger partial charge in [0, 0.05) is 57.8 Å². The van der Waals surface area contributed by atoms with Gasteiger partial charge < -0.3 is 53.3 Å². The van der Waals surface area contributed by atoms with E-state index in [0.717, 1.165) is 154 Å². The molecule has 0 radical (unpaired) electrons. The predicted molar refractivity (Wildman–Crippen MR) is 361 cm³/mol. The van der Waals surface area contributed by atoms with Gasteiger partial charge in [-0.3, -0.25) is 0 Å². The third-order valence-electron chi connectivity index (χ3n) is 17.9. The van der Waals surface area contributed by atoms with Crippen molar-refractivity contribution in [2.24, 2.45) is 0 Å². The lowest BCUT2D eigenvalue weighted by molar-refractivity contribution is 0.275. The Morgan fingerprint density at radius 2 is 0.736 bits per heavy atom. The summed E-state index contributed by atoms with van der Waals surface area (Å²) in [5.74, 6) is 4.57. The molecule has 0 bridgehead atoms. The molecule has 0 saturated carbocycles. The average Bonchev–Trinajstić information content (AvgIpc) is 1.51. The first kappa shape index (κ1) is 57.3. The topological polar surface area (TPSA) is 106 Å². The van der Waals surface area contributed by atoms with Crippen LogP contribution < -0.4 is 33.6 Å². The molecule has 0 fully saturated rings. The third-order valence-corrected chi connectivity index (χ3v) is 17.9. The predicted octanol–water partition coefficient (Wildman–Crippen LogP) is 18.3. The number of rotatable bonds is 18. The number of hydrogen-bond donors (Lipinski definition) is 2. The van der Waals surface area contributed by atoms with Crippen molar-refractivity contribution in [1.82, 2.24) is 0 Å². The van der Waals surface area contributed by atoms with Gasteiger partial charge in [0.2, 0.25) is 0 Å². The second-order valence-corrected chi connectivity index (χ2v) is 22.7. The van der Waals surface area contributed by atoms with E-state index >= 15 is 0 Å². The lowest BCUT2D eigenvalue weighted by Gasteiger charge is -2.35. The van der Waals surface area contributed by atoms with Crippen LogP contribution in [0.5, 0.6) is 34.5 Å². The normalized spacial score (nSPS) is 15.0. The Morgan fingerprint density at radius 1 is 0.352 bits per heavy atom. The molecule has 1 spiro atoms. The number of phenolic OH excluding ortho intramolecular Hbond substituents is 2. The fourth-order valence-electron chi connectivity index (χ4n) is 13.6. The third kappa shape index (κ3) is 10.2. The van der Waals surface area contributed by atoms with E-state index in [-0.39, 0.29) is 17.4 Å². The van der Waals surface area contributed by atoms with E-state index in [2.05, 4.69) is 160 Å². The van der Waals surface area contributed by atoms with Crippen molar-refractivity contribution in [2.45, 2.75) is 24.2 Å². The first-order chi connectivity index (χ1) is 44.6. The maximum absolute atomic E-state index is 10.8. The van der Waals surface area contributed by atoms with Gasteiger partial charge in [-0.15, -0.1) is 0 Å². The van der Waals surface area contributed by atoms with Crippen molar-refractivity contribution in [1.29, 1.82) is 0 Å². The zero-order chi connectivity index (χ0) is 62.3. The van der Waals surface area contributed by atoms with Crippen molar-refractivity contribution in [3.05, 3.63) is 316 Å². The van der Waals surface area contributed by atoms with Gasteiger partial charge in [-0.1, -0.05) is 60.7 Å². The molecule has 2 N–H and O–H groups in total. The highest BCUT2D eigenvalue weighted by Gasteiger charge is 2.53. The molecule has 0 saturated heterocycles. The molecule has 10 aromatic carbocycles. The molecule has 0 heterocycles. The molecule has 4 aliphatic rings. The minimum Gasteiger partial charge on any atom is -0.508 e. The Morgan fingerprint density at radius 3 is 1.18 bits per heavy atom. The van der Waals surface area contributed by atoms with Crippen molar-refractivity contribution in [3.8, 4) is 56.8 Å². The number of anilines is 7. The van der Waals surface area contributed by atoms with Gasteiger partial charge in [-0.2, -0.15) is 0 Å². The summed E-state index contributed by atoms with van der Waals surface area (Å²) in [7, 11) is 10.1. The van der Waals surface area contributed by atoms with Crippen molar-refractivity contribution >= 4 is 39.8 Å². The highest BCUT2D eigenvalue weighted by molar-refractivity contribution is 5.98. The highest BCUT2D eigenvalue weighted by atomic mass is 16.5. The van der Waals surface area contributed by atoms with E-state index < -0.39 is 5.41 Å². The van der Waals surface area contributed by atoms with Crippen LogP contribution in [0.4, 0.5) is 39.8 Å². The van der Waals surface area contributed by atoms with Crippen LogP contribution in [0.2, 0.25) is 0 Å². The summed E-state index contributed by atoms with van der Waals surface area (Å²) in [5.41, 5.74) is 25.8. The van der Waals surface area contributed by atoms with Gasteiger partial charge in [-0.25, -0.2) is 0 Å². The number of hydrogen-bond acceptors (Lipinski definition) is 11. The highest BCUT2D eigenvalue weighted by Crippen LogP contribution is 2.65. The molecule has 0 aliphatic heterocycles. The smallest absolute Gasteiger partial charge is 0.170 e. The van der Waals surface area contributed by atoms with E-state index in [9.17, 15) is 10.2 Å². The molecule has 448 valence electrons. The minimum absolute atomic E-state index is 0.167. The fourth-order valence-corrected chi connectivity index (χ4v) is 13.6. The molecule has 11 heteroatoms. The van der Waals surface area contributed by atoms with Gasteiger partial charge in [0.05, 0.1) is 59.5 Å². The van der Waals surface area contributed by atoms with Crippen molar-refractivity contribution in [3.63, 3.8) is 0 Å². The summed E-state index contributed by atoms with van der Waals surface area (Å²) in [6.45, 7) is 0. The number of methoxy groups -OCH3 is 6. The van der Waals surface area contributed by atoms with Crippen LogP contribution in [0.25, 0.3) is 22.3 Å². The molecular weight excluding hydrogens is 1130 g/mol. The SMILES string of the molecule is COC1=C=C=C(N(c2ccc(OC)cc2)c2ccc3c(c2)C2(c4cc(C(c5ccc(O)cc5)c5ccc(OC)cc5)ccc4-3)c3cc(N(C4=CC=C(OC)CC4)c4ccc(OC)cc4)ccc3-c3ccc(N(c4ccc(O)cc4)c4ccc(OC)cc4)cc32)C=C1. The van der Waals surface area contributed by atoms with E-state index in [1.807, 2.05) is 84.9 Å². The van der Waals surface area contributed by atoms with Crippen molar-refractivity contribution < 1.29 is 38.6 Å².